The molecule has 0 fully saturated rings. The molecule has 11 heteroatoms. The van der Waals surface area contributed by atoms with E-state index in [1.807, 2.05) is 72.1 Å². The van der Waals surface area contributed by atoms with Gasteiger partial charge in [-0.3, -0.25) is 14.4 Å². The third-order valence-electron chi connectivity index (χ3n) is 6.08. The molecule has 0 radical (unpaired) electrons. The summed E-state index contributed by atoms with van der Waals surface area (Å²) in [6.45, 7) is 0. The molecule has 5 rings (SSSR count). The van der Waals surface area contributed by atoms with Gasteiger partial charge in [-0.05, 0) is 72.3 Å². The number of nitrogens with zero attached hydrogens (tertiary/aromatic N) is 1. The number of halogens is 2. The van der Waals surface area contributed by atoms with E-state index in [0.29, 0.717) is 16.4 Å². The number of nitrogens with one attached hydrogen (secondary N) is 3. The largest absolute Gasteiger partial charge is 0.321 e. The molecule has 4 aromatic carbocycles. The number of thioether (sulfide) groups is 1. The normalized spacial score (nSPS) is 11.1. The van der Waals surface area contributed by atoms with Crippen molar-refractivity contribution in [2.24, 2.45) is 0 Å². The fourth-order valence-corrected chi connectivity index (χ4v) is 5.85. The molecule has 7 nitrogen and oxygen atoms in total. The third kappa shape index (κ3) is 8.99. The van der Waals surface area contributed by atoms with Crippen LogP contribution in [0.25, 0.3) is 17.3 Å². The summed E-state index contributed by atoms with van der Waals surface area (Å²) in [4.78, 5) is 44.0. The molecular weight excluding hydrogens is 724 g/mol. The predicted octanol–water partition coefficient (Wildman–Crippen LogP) is 8.48. The first-order chi connectivity index (χ1) is 21.3. The van der Waals surface area contributed by atoms with Crippen LogP contribution < -0.4 is 16.0 Å². The first kappa shape index (κ1) is 31.4. The Labute approximate surface area is 279 Å². The second-order valence-corrected chi connectivity index (χ2v) is 13.0. The minimum absolute atomic E-state index is 0.0989. The second-order valence-electron chi connectivity index (χ2n) is 9.29. The average Bonchev–Trinajstić information content (AvgIpc) is 3.50. The first-order valence-corrected chi connectivity index (χ1v) is 16.7. The van der Waals surface area contributed by atoms with E-state index in [-0.39, 0.29) is 17.4 Å². The second kappa shape index (κ2) is 15.1. The number of aromatic nitrogens is 1. The van der Waals surface area contributed by atoms with Gasteiger partial charge in [0.05, 0.1) is 11.4 Å². The molecule has 0 saturated heterocycles. The van der Waals surface area contributed by atoms with Crippen molar-refractivity contribution in [3.05, 3.63) is 134 Å². The van der Waals surface area contributed by atoms with Crippen molar-refractivity contribution in [2.45, 2.75) is 4.90 Å². The zero-order chi connectivity index (χ0) is 30.9. The van der Waals surface area contributed by atoms with E-state index >= 15 is 0 Å². The number of benzene rings is 4. The van der Waals surface area contributed by atoms with E-state index in [1.165, 1.54) is 23.1 Å². The summed E-state index contributed by atoms with van der Waals surface area (Å²) in [6, 6.07) is 31.1. The molecular formula is C33H24Br2N4O3S2. The number of carbonyl (C=O) groups excluding carboxylic acids is 3. The number of rotatable bonds is 10. The Kier molecular flexibility index (Phi) is 10.8. The Hall–Kier alpha value is -4.03. The van der Waals surface area contributed by atoms with Crippen LogP contribution in [0.5, 0.6) is 0 Å². The van der Waals surface area contributed by atoms with Crippen molar-refractivity contribution >= 4 is 89.6 Å². The van der Waals surface area contributed by atoms with Crippen molar-refractivity contribution in [3.63, 3.8) is 0 Å². The Bertz CT molecular complexity index is 1790. The standard InChI is InChI=1S/C33H24Br2N4O3S2/c34-24-10-6-21(7-11-24)18-28(37-31(41)23-4-2-1-3-5-23)32(42)36-26-14-16-27(17-15-26)43-20-30(40)39-33-38-29(19-44-33)22-8-12-25(35)13-9-22/h1-19H,20H2,(H,36,42)(H,37,41)(H,38,39,40)/b28-18-. The van der Waals surface area contributed by atoms with Crippen LogP contribution in [0.3, 0.4) is 0 Å². The van der Waals surface area contributed by atoms with Gasteiger partial charge in [-0.15, -0.1) is 23.1 Å². The maximum atomic E-state index is 13.3. The van der Waals surface area contributed by atoms with Gasteiger partial charge in [0.15, 0.2) is 5.13 Å². The Morgan fingerprint density at radius 2 is 1.45 bits per heavy atom. The molecule has 44 heavy (non-hydrogen) atoms. The summed E-state index contributed by atoms with van der Waals surface area (Å²) in [7, 11) is 0. The summed E-state index contributed by atoms with van der Waals surface area (Å²) < 4.78 is 1.89. The minimum atomic E-state index is -0.470. The molecule has 1 aromatic heterocycles. The van der Waals surface area contributed by atoms with Gasteiger partial charge in [-0.2, -0.15) is 0 Å². The zero-order valence-electron chi connectivity index (χ0n) is 22.9. The molecule has 3 N–H and O–H groups in total. The van der Waals surface area contributed by atoms with Crippen LogP contribution in [0.2, 0.25) is 0 Å². The van der Waals surface area contributed by atoms with E-state index in [2.05, 4.69) is 52.8 Å². The molecule has 1 heterocycles. The number of hydrogen-bond donors (Lipinski definition) is 3. The number of thiazole rings is 1. The molecule has 0 aliphatic heterocycles. The van der Waals surface area contributed by atoms with E-state index in [0.717, 1.165) is 30.7 Å². The summed E-state index contributed by atoms with van der Waals surface area (Å²) in [5.74, 6) is -0.829. The SMILES string of the molecule is O=C(CSc1ccc(NC(=O)/C(=C/c2ccc(Br)cc2)NC(=O)c2ccccc2)cc1)Nc1nc(-c2ccc(Br)cc2)cs1. The molecule has 220 valence electrons. The van der Waals surface area contributed by atoms with Crippen molar-refractivity contribution < 1.29 is 14.4 Å². The Morgan fingerprint density at radius 3 is 2.14 bits per heavy atom. The van der Waals surface area contributed by atoms with Crippen molar-refractivity contribution in [3.8, 4) is 11.3 Å². The molecule has 0 bridgehead atoms. The van der Waals surface area contributed by atoms with Gasteiger partial charge in [0, 0.05) is 36.0 Å². The van der Waals surface area contributed by atoms with Gasteiger partial charge in [0.1, 0.15) is 5.70 Å². The Balaban J connectivity index is 1.18. The lowest BCUT2D eigenvalue weighted by atomic mass is 10.1. The molecule has 0 atom stereocenters. The molecule has 3 amide bonds. The molecule has 0 aliphatic rings. The minimum Gasteiger partial charge on any atom is -0.321 e. The van der Waals surface area contributed by atoms with Crippen LogP contribution in [0.15, 0.2) is 128 Å². The lowest BCUT2D eigenvalue weighted by molar-refractivity contribution is -0.114. The number of amides is 3. The van der Waals surface area contributed by atoms with Crippen LogP contribution in [-0.2, 0) is 9.59 Å². The van der Waals surface area contributed by atoms with Gasteiger partial charge in [-0.1, -0.05) is 74.3 Å². The van der Waals surface area contributed by atoms with Crippen molar-refractivity contribution in [2.75, 3.05) is 16.4 Å². The van der Waals surface area contributed by atoms with Crippen LogP contribution in [0, 0.1) is 0 Å². The monoisotopic (exact) mass is 746 g/mol. The molecule has 0 unspecified atom stereocenters. The van der Waals surface area contributed by atoms with Gasteiger partial charge < -0.3 is 16.0 Å². The molecule has 0 saturated carbocycles. The lowest BCUT2D eigenvalue weighted by Crippen LogP contribution is -2.30. The fourth-order valence-electron chi connectivity index (χ4n) is 3.89. The van der Waals surface area contributed by atoms with E-state index in [4.69, 9.17) is 0 Å². The van der Waals surface area contributed by atoms with E-state index in [1.54, 1.807) is 42.5 Å². The number of carbonyl (C=O) groups is 3. The van der Waals surface area contributed by atoms with Crippen LogP contribution in [0.4, 0.5) is 10.8 Å². The maximum absolute atomic E-state index is 13.3. The highest BCUT2D eigenvalue weighted by Crippen LogP contribution is 2.27. The highest BCUT2D eigenvalue weighted by Gasteiger charge is 2.15. The van der Waals surface area contributed by atoms with Crippen LogP contribution in [0.1, 0.15) is 15.9 Å². The molecule has 0 spiro atoms. The van der Waals surface area contributed by atoms with E-state index in [9.17, 15) is 14.4 Å². The van der Waals surface area contributed by atoms with E-state index < -0.39 is 11.8 Å². The molecule has 0 aliphatic carbocycles. The van der Waals surface area contributed by atoms with Crippen LogP contribution >= 0.6 is 55.0 Å². The summed E-state index contributed by atoms with van der Waals surface area (Å²) in [5.41, 5.74) is 3.61. The van der Waals surface area contributed by atoms with Gasteiger partial charge in [-0.25, -0.2) is 4.98 Å². The first-order valence-electron chi connectivity index (χ1n) is 13.2. The summed E-state index contributed by atoms with van der Waals surface area (Å²) in [5, 5.41) is 10.9. The lowest BCUT2D eigenvalue weighted by Gasteiger charge is -2.12. The van der Waals surface area contributed by atoms with Crippen molar-refractivity contribution in [1.82, 2.24) is 10.3 Å². The topological polar surface area (TPSA) is 100 Å². The summed E-state index contributed by atoms with van der Waals surface area (Å²) >= 11 is 9.58. The zero-order valence-corrected chi connectivity index (χ0v) is 27.7. The third-order valence-corrected chi connectivity index (χ3v) is 8.91. The highest BCUT2D eigenvalue weighted by atomic mass is 79.9. The Morgan fingerprint density at radius 1 is 0.795 bits per heavy atom. The maximum Gasteiger partial charge on any atom is 0.272 e. The van der Waals surface area contributed by atoms with Crippen molar-refractivity contribution in [1.29, 1.82) is 0 Å². The average molecular weight is 749 g/mol. The van der Waals surface area contributed by atoms with Gasteiger partial charge in [0.2, 0.25) is 5.91 Å². The smallest absolute Gasteiger partial charge is 0.272 e. The van der Waals surface area contributed by atoms with Crippen LogP contribution in [-0.4, -0.2) is 28.5 Å². The predicted molar refractivity (Wildman–Crippen MR) is 186 cm³/mol. The molecule has 5 aromatic rings. The van der Waals surface area contributed by atoms with Gasteiger partial charge >= 0.3 is 0 Å². The summed E-state index contributed by atoms with van der Waals surface area (Å²) in [6.07, 6.45) is 1.62. The quantitative estimate of drug-likeness (QED) is 0.0984. The number of anilines is 2. The highest BCUT2D eigenvalue weighted by molar-refractivity contribution is 9.10. The fraction of sp³-hybridized carbons (Fsp3) is 0.0303. The van der Waals surface area contributed by atoms with Gasteiger partial charge in [0.25, 0.3) is 11.8 Å². The number of hydrogen-bond acceptors (Lipinski definition) is 6.